The largest absolute Gasteiger partial charge is 0.331 e. The van der Waals surface area contributed by atoms with Crippen molar-refractivity contribution in [1.29, 1.82) is 0 Å². The van der Waals surface area contributed by atoms with Crippen LogP contribution >= 0.6 is 11.6 Å². The second-order valence-electron chi connectivity index (χ2n) is 7.59. The molecule has 3 aromatic rings. The predicted molar refractivity (Wildman–Crippen MR) is 124 cm³/mol. The summed E-state index contributed by atoms with van der Waals surface area (Å²) in [6.45, 7) is 3.66. The predicted octanol–water partition coefficient (Wildman–Crippen LogP) is 4.52. The second-order valence-corrected chi connectivity index (χ2v) is 8.00. The Hall–Kier alpha value is -3.32. The molecule has 3 amide bonds. The highest BCUT2D eigenvalue weighted by Gasteiger charge is 2.23. The summed E-state index contributed by atoms with van der Waals surface area (Å²) < 4.78 is 1.61. The van der Waals surface area contributed by atoms with E-state index in [1.165, 1.54) is 9.80 Å². The van der Waals surface area contributed by atoms with Gasteiger partial charge in [-0.15, -0.1) is 0 Å². The van der Waals surface area contributed by atoms with E-state index in [4.69, 9.17) is 11.6 Å². The van der Waals surface area contributed by atoms with Gasteiger partial charge >= 0.3 is 6.03 Å². The Balaban J connectivity index is 1.94. The Morgan fingerprint density at radius 3 is 2.32 bits per heavy atom. The third-order valence-corrected chi connectivity index (χ3v) is 5.01. The minimum absolute atomic E-state index is 0.0803. The van der Waals surface area contributed by atoms with Crippen molar-refractivity contribution in [2.24, 2.45) is 0 Å². The van der Waals surface area contributed by atoms with Crippen LogP contribution in [0.3, 0.4) is 0 Å². The number of amides is 3. The van der Waals surface area contributed by atoms with Crippen LogP contribution in [-0.2, 0) is 4.79 Å². The zero-order valence-electron chi connectivity index (χ0n) is 18.0. The third kappa shape index (κ3) is 5.24. The molecule has 0 saturated carbocycles. The van der Waals surface area contributed by atoms with Crippen LogP contribution in [0.25, 0.3) is 16.9 Å². The fraction of sp³-hybridized carbons (Fsp3) is 0.261. The summed E-state index contributed by atoms with van der Waals surface area (Å²) in [5.41, 5.74) is 2.25. The lowest BCUT2D eigenvalue weighted by Gasteiger charge is -2.29. The van der Waals surface area contributed by atoms with Crippen molar-refractivity contribution in [3.05, 3.63) is 65.7 Å². The molecule has 162 valence electrons. The second kappa shape index (κ2) is 9.66. The Bertz CT molecular complexity index is 1060. The van der Waals surface area contributed by atoms with Crippen molar-refractivity contribution in [3.8, 4) is 16.9 Å². The van der Waals surface area contributed by atoms with Gasteiger partial charge in [-0.25, -0.2) is 9.48 Å². The number of carbonyl (C=O) groups excluding carboxylic acids is 2. The van der Waals surface area contributed by atoms with Crippen molar-refractivity contribution in [2.45, 2.75) is 19.9 Å². The molecule has 0 bridgehead atoms. The SMILES string of the molecule is CC(C)N(CC(=O)Nc1cc(-c2ccccc2)nn1-c1ccccc1Cl)C(=O)N(C)C. The summed E-state index contributed by atoms with van der Waals surface area (Å²) in [5, 5.41) is 8.07. The van der Waals surface area contributed by atoms with Crippen molar-refractivity contribution in [3.63, 3.8) is 0 Å². The van der Waals surface area contributed by atoms with E-state index in [2.05, 4.69) is 10.4 Å². The number of urea groups is 1. The summed E-state index contributed by atoms with van der Waals surface area (Å²) in [6.07, 6.45) is 0. The van der Waals surface area contributed by atoms with E-state index in [0.29, 0.717) is 22.2 Å². The zero-order valence-corrected chi connectivity index (χ0v) is 18.8. The van der Waals surface area contributed by atoms with Crippen LogP contribution in [0.4, 0.5) is 10.6 Å². The molecule has 0 spiro atoms. The van der Waals surface area contributed by atoms with E-state index in [0.717, 1.165) is 5.56 Å². The van der Waals surface area contributed by atoms with Crippen LogP contribution in [0.2, 0.25) is 5.02 Å². The first-order valence-corrected chi connectivity index (χ1v) is 10.3. The molecule has 0 unspecified atom stereocenters. The van der Waals surface area contributed by atoms with Gasteiger partial charge in [-0.05, 0) is 26.0 Å². The van der Waals surface area contributed by atoms with E-state index >= 15 is 0 Å². The van der Waals surface area contributed by atoms with Crippen LogP contribution in [0.5, 0.6) is 0 Å². The lowest BCUT2D eigenvalue weighted by atomic mass is 10.1. The standard InChI is InChI=1S/C23H26ClN5O2/c1-16(2)28(23(31)27(3)4)15-22(30)25-21-14-19(17-10-6-5-7-11-17)26-29(21)20-13-9-8-12-18(20)24/h5-14,16H,15H2,1-4H3,(H,25,30). The fourth-order valence-electron chi connectivity index (χ4n) is 3.09. The maximum atomic E-state index is 12.9. The van der Waals surface area contributed by atoms with Crippen molar-refractivity contribution in [1.82, 2.24) is 19.6 Å². The number of carbonyl (C=O) groups is 2. The molecule has 0 aliphatic carbocycles. The molecule has 0 radical (unpaired) electrons. The summed E-state index contributed by atoms with van der Waals surface area (Å²) in [5.74, 6) is 0.148. The first-order valence-electron chi connectivity index (χ1n) is 9.96. The quantitative estimate of drug-likeness (QED) is 0.613. The number of halogens is 1. The molecule has 0 atom stereocenters. The number of hydrogen-bond acceptors (Lipinski definition) is 3. The molecule has 0 fully saturated rings. The van der Waals surface area contributed by atoms with Gasteiger partial charge in [-0.3, -0.25) is 4.79 Å². The number of rotatable bonds is 6. The van der Waals surface area contributed by atoms with E-state index in [-0.39, 0.29) is 24.5 Å². The minimum atomic E-state index is -0.322. The van der Waals surface area contributed by atoms with Crippen molar-refractivity contribution in [2.75, 3.05) is 26.0 Å². The Morgan fingerprint density at radius 2 is 1.71 bits per heavy atom. The number of nitrogens with one attached hydrogen (secondary N) is 1. The molecule has 0 aliphatic heterocycles. The van der Waals surface area contributed by atoms with E-state index in [1.807, 2.05) is 62.4 Å². The van der Waals surface area contributed by atoms with Crippen LogP contribution in [0.15, 0.2) is 60.7 Å². The Labute approximate surface area is 187 Å². The summed E-state index contributed by atoms with van der Waals surface area (Å²) in [7, 11) is 3.32. The van der Waals surface area contributed by atoms with Gasteiger partial charge in [-0.2, -0.15) is 5.10 Å². The minimum Gasteiger partial charge on any atom is -0.331 e. The summed E-state index contributed by atoms with van der Waals surface area (Å²) in [4.78, 5) is 28.3. The molecule has 8 heteroatoms. The number of anilines is 1. The highest BCUT2D eigenvalue weighted by atomic mass is 35.5. The lowest BCUT2D eigenvalue weighted by Crippen LogP contribution is -2.47. The first kappa shape index (κ1) is 22.4. The molecular weight excluding hydrogens is 414 g/mol. The van der Waals surface area contributed by atoms with E-state index in [9.17, 15) is 9.59 Å². The van der Waals surface area contributed by atoms with Crippen LogP contribution in [-0.4, -0.2) is 58.2 Å². The van der Waals surface area contributed by atoms with Gasteiger partial charge in [-0.1, -0.05) is 54.1 Å². The zero-order chi connectivity index (χ0) is 22.5. The van der Waals surface area contributed by atoms with E-state index < -0.39 is 0 Å². The van der Waals surface area contributed by atoms with Gasteiger partial charge in [0.1, 0.15) is 12.4 Å². The molecule has 1 N–H and O–H groups in total. The molecular formula is C23H26ClN5O2. The summed E-state index contributed by atoms with van der Waals surface area (Å²) >= 11 is 6.39. The molecule has 2 aromatic carbocycles. The molecule has 0 aliphatic rings. The smallest absolute Gasteiger partial charge is 0.320 e. The highest BCUT2D eigenvalue weighted by molar-refractivity contribution is 6.32. The summed E-state index contributed by atoms with van der Waals surface area (Å²) in [6, 6.07) is 18.4. The average Bonchev–Trinajstić information content (AvgIpc) is 3.15. The maximum Gasteiger partial charge on any atom is 0.320 e. The Kier molecular flexibility index (Phi) is 6.97. The fourth-order valence-corrected chi connectivity index (χ4v) is 3.31. The number of nitrogens with zero attached hydrogens (tertiary/aromatic N) is 4. The van der Waals surface area contributed by atoms with Crippen LogP contribution in [0.1, 0.15) is 13.8 Å². The highest BCUT2D eigenvalue weighted by Crippen LogP contribution is 2.28. The maximum absolute atomic E-state index is 12.9. The lowest BCUT2D eigenvalue weighted by molar-refractivity contribution is -0.117. The van der Waals surface area contributed by atoms with Crippen molar-refractivity contribution < 1.29 is 9.59 Å². The topological polar surface area (TPSA) is 70.5 Å². The monoisotopic (exact) mass is 439 g/mol. The van der Waals surface area contributed by atoms with Crippen molar-refractivity contribution >= 4 is 29.4 Å². The number of hydrogen-bond donors (Lipinski definition) is 1. The number of benzene rings is 2. The Morgan fingerprint density at radius 1 is 1.06 bits per heavy atom. The average molecular weight is 440 g/mol. The normalized spacial score (nSPS) is 10.8. The molecule has 1 aromatic heterocycles. The molecule has 7 nitrogen and oxygen atoms in total. The number of aromatic nitrogens is 2. The van der Waals surface area contributed by atoms with Gasteiger partial charge in [0, 0.05) is 31.8 Å². The van der Waals surface area contributed by atoms with Gasteiger partial charge in [0.2, 0.25) is 5.91 Å². The molecule has 0 saturated heterocycles. The van der Waals surface area contributed by atoms with Crippen LogP contribution < -0.4 is 5.32 Å². The van der Waals surface area contributed by atoms with Gasteiger partial charge in [0.15, 0.2) is 0 Å². The first-order chi connectivity index (χ1) is 14.8. The number of para-hydroxylation sites is 1. The van der Waals surface area contributed by atoms with Gasteiger partial charge in [0.05, 0.1) is 16.4 Å². The molecule has 1 heterocycles. The van der Waals surface area contributed by atoms with Gasteiger partial charge in [0.25, 0.3) is 0 Å². The van der Waals surface area contributed by atoms with Crippen LogP contribution in [0, 0.1) is 0 Å². The van der Waals surface area contributed by atoms with E-state index in [1.54, 1.807) is 30.9 Å². The third-order valence-electron chi connectivity index (χ3n) is 4.69. The molecule has 3 rings (SSSR count). The molecule has 31 heavy (non-hydrogen) atoms. The van der Waals surface area contributed by atoms with Gasteiger partial charge < -0.3 is 15.1 Å².